The molecule has 2 rings (SSSR count). The Hall–Kier alpha value is -0.530. The molecule has 1 amide bonds. The Labute approximate surface area is 131 Å². The molecule has 2 nitrogen and oxygen atoms in total. The number of hydrogen-bond donors (Lipinski definition) is 0. The van der Waals surface area contributed by atoms with Crippen LogP contribution in [0.2, 0.25) is 0 Å². The monoisotopic (exact) mass is 293 g/mol. The summed E-state index contributed by atoms with van der Waals surface area (Å²) in [5.74, 6) is 2.35. The van der Waals surface area contributed by atoms with Crippen LogP contribution in [-0.2, 0) is 4.79 Å². The van der Waals surface area contributed by atoms with Crippen LogP contribution >= 0.6 is 0 Å². The van der Waals surface area contributed by atoms with Crippen molar-refractivity contribution in [3.63, 3.8) is 0 Å². The van der Waals surface area contributed by atoms with Gasteiger partial charge in [0.2, 0.25) is 5.91 Å². The maximum atomic E-state index is 12.1. The molecule has 2 heteroatoms. The average molecular weight is 293 g/mol. The Balaban J connectivity index is 1.76. The van der Waals surface area contributed by atoms with Gasteiger partial charge in [-0.3, -0.25) is 4.79 Å². The number of nitrogens with zero attached hydrogens (tertiary/aromatic N) is 1. The van der Waals surface area contributed by atoms with Crippen LogP contribution in [0.5, 0.6) is 0 Å². The Kier molecular flexibility index (Phi) is 5.73. The highest BCUT2D eigenvalue weighted by Crippen LogP contribution is 2.47. The molecule has 1 aliphatic carbocycles. The highest BCUT2D eigenvalue weighted by atomic mass is 16.2. The lowest BCUT2D eigenvalue weighted by Gasteiger charge is -2.46. The van der Waals surface area contributed by atoms with E-state index in [0.29, 0.717) is 11.3 Å². The van der Waals surface area contributed by atoms with Gasteiger partial charge >= 0.3 is 0 Å². The fraction of sp³-hybridized carbons (Fsp3) is 0.947. The van der Waals surface area contributed by atoms with E-state index in [1.807, 2.05) is 13.8 Å². The van der Waals surface area contributed by atoms with Gasteiger partial charge in [0.15, 0.2) is 0 Å². The second-order valence-corrected chi connectivity index (χ2v) is 8.39. The summed E-state index contributed by atoms with van der Waals surface area (Å²) >= 11 is 0. The maximum Gasteiger partial charge on any atom is 0.225 e. The summed E-state index contributed by atoms with van der Waals surface area (Å²) in [5, 5.41) is 0. The summed E-state index contributed by atoms with van der Waals surface area (Å²) < 4.78 is 0. The Morgan fingerprint density at radius 3 is 2.10 bits per heavy atom. The van der Waals surface area contributed by atoms with Gasteiger partial charge in [-0.15, -0.1) is 0 Å². The molecule has 0 aromatic carbocycles. The lowest BCUT2D eigenvalue weighted by molar-refractivity contribution is -0.137. The van der Waals surface area contributed by atoms with E-state index in [9.17, 15) is 4.79 Å². The third kappa shape index (κ3) is 4.47. The van der Waals surface area contributed by atoms with Crippen LogP contribution in [0.3, 0.4) is 0 Å². The SMILES string of the molecule is CC(C)CCC1CCC2(CC1)CCN(C(=O)C(C)C)CC2. The van der Waals surface area contributed by atoms with Gasteiger partial charge in [-0.1, -0.05) is 40.5 Å². The Morgan fingerprint density at radius 1 is 1.05 bits per heavy atom. The maximum absolute atomic E-state index is 12.1. The van der Waals surface area contributed by atoms with E-state index in [1.165, 1.54) is 51.4 Å². The third-order valence-electron chi connectivity index (χ3n) is 5.95. The fourth-order valence-electron chi connectivity index (χ4n) is 4.21. The van der Waals surface area contributed by atoms with E-state index < -0.39 is 0 Å². The van der Waals surface area contributed by atoms with E-state index in [1.54, 1.807) is 0 Å². The molecule has 0 radical (unpaired) electrons. The van der Waals surface area contributed by atoms with Crippen molar-refractivity contribution in [2.45, 2.75) is 79.1 Å². The zero-order valence-electron chi connectivity index (χ0n) is 14.7. The molecule has 1 aliphatic heterocycles. The van der Waals surface area contributed by atoms with Crippen LogP contribution in [0.4, 0.5) is 0 Å². The fourth-order valence-corrected chi connectivity index (χ4v) is 4.21. The molecule has 2 aliphatic rings. The molecule has 2 fully saturated rings. The van der Waals surface area contributed by atoms with Crippen molar-refractivity contribution in [3.8, 4) is 0 Å². The number of likely N-dealkylation sites (tertiary alicyclic amines) is 1. The predicted octanol–water partition coefficient (Wildman–Crippen LogP) is 4.88. The van der Waals surface area contributed by atoms with Crippen LogP contribution in [0, 0.1) is 23.2 Å². The normalized spacial score (nSPS) is 23.2. The largest absolute Gasteiger partial charge is 0.342 e. The lowest BCUT2D eigenvalue weighted by Crippen LogP contribution is -2.45. The second kappa shape index (κ2) is 7.15. The van der Waals surface area contributed by atoms with Crippen LogP contribution in [0.1, 0.15) is 79.1 Å². The van der Waals surface area contributed by atoms with Crippen molar-refractivity contribution >= 4 is 5.91 Å². The highest BCUT2D eigenvalue weighted by Gasteiger charge is 2.38. The van der Waals surface area contributed by atoms with Gasteiger partial charge in [-0.25, -0.2) is 0 Å². The van der Waals surface area contributed by atoms with Crippen LogP contribution in [-0.4, -0.2) is 23.9 Å². The number of carbonyl (C=O) groups excluding carboxylic acids is 1. The van der Waals surface area contributed by atoms with Crippen molar-refractivity contribution in [1.29, 1.82) is 0 Å². The first kappa shape index (κ1) is 16.8. The molecule has 122 valence electrons. The van der Waals surface area contributed by atoms with E-state index in [0.717, 1.165) is 24.9 Å². The average Bonchev–Trinajstić information content (AvgIpc) is 2.47. The summed E-state index contributed by atoms with van der Waals surface area (Å²) in [6.45, 7) is 10.7. The quantitative estimate of drug-likeness (QED) is 0.723. The summed E-state index contributed by atoms with van der Waals surface area (Å²) in [7, 11) is 0. The molecule has 0 aromatic heterocycles. The molecule has 1 saturated carbocycles. The Bertz CT molecular complexity index is 329. The first-order valence-corrected chi connectivity index (χ1v) is 9.21. The second-order valence-electron chi connectivity index (χ2n) is 8.39. The van der Waals surface area contributed by atoms with Crippen molar-refractivity contribution in [2.24, 2.45) is 23.2 Å². The third-order valence-corrected chi connectivity index (χ3v) is 5.95. The van der Waals surface area contributed by atoms with Gasteiger partial charge in [0, 0.05) is 19.0 Å². The molecule has 0 N–H and O–H groups in total. The molecule has 21 heavy (non-hydrogen) atoms. The first-order valence-electron chi connectivity index (χ1n) is 9.21. The number of hydrogen-bond acceptors (Lipinski definition) is 1. The minimum Gasteiger partial charge on any atom is -0.342 e. The van der Waals surface area contributed by atoms with Crippen molar-refractivity contribution < 1.29 is 4.79 Å². The Morgan fingerprint density at radius 2 is 1.62 bits per heavy atom. The van der Waals surface area contributed by atoms with Gasteiger partial charge in [-0.2, -0.15) is 0 Å². The van der Waals surface area contributed by atoms with Crippen molar-refractivity contribution in [2.75, 3.05) is 13.1 Å². The molecule has 0 aromatic rings. The number of piperidine rings is 1. The van der Waals surface area contributed by atoms with Crippen LogP contribution in [0.15, 0.2) is 0 Å². The van der Waals surface area contributed by atoms with E-state index in [-0.39, 0.29) is 5.92 Å². The topological polar surface area (TPSA) is 20.3 Å². The summed E-state index contributed by atoms with van der Waals surface area (Å²) in [6.07, 6.45) is 11.0. The van der Waals surface area contributed by atoms with E-state index in [2.05, 4.69) is 18.7 Å². The van der Waals surface area contributed by atoms with E-state index in [4.69, 9.17) is 0 Å². The minimum absolute atomic E-state index is 0.158. The lowest BCUT2D eigenvalue weighted by atomic mass is 9.64. The standard InChI is InChI=1S/C19H35NO/c1-15(2)5-6-17-7-9-19(10-8-17)11-13-20(14-12-19)18(21)16(3)4/h15-17H,5-14H2,1-4H3. The molecular weight excluding hydrogens is 258 g/mol. The van der Waals surface area contributed by atoms with Gasteiger partial charge in [0.25, 0.3) is 0 Å². The van der Waals surface area contributed by atoms with Gasteiger partial charge in [0.05, 0.1) is 0 Å². The number of carbonyl (C=O) groups is 1. The minimum atomic E-state index is 0.158. The van der Waals surface area contributed by atoms with Crippen LogP contribution < -0.4 is 0 Å². The molecule has 0 bridgehead atoms. The van der Waals surface area contributed by atoms with Gasteiger partial charge < -0.3 is 4.90 Å². The van der Waals surface area contributed by atoms with Crippen molar-refractivity contribution in [1.82, 2.24) is 4.90 Å². The molecule has 1 saturated heterocycles. The molecule has 1 heterocycles. The predicted molar refractivity (Wildman–Crippen MR) is 89.1 cm³/mol. The molecule has 0 unspecified atom stereocenters. The number of rotatable bonds is 4. The summed E-state index contributed by atoms with van der Waals surface area (Å²) in [5.41, 5.74) is 0.585. The van der Waals surface area contributed by atoms with Gasteiger partial charge in [-0.05, 0) is 55.8 Å². The zero-order chi connectivity index (χ0) is 15.5. The van der Waals surface area contributed by atoms with Gasteiger partial charge in [0.1, 0.15) is 0 Å². The highest BCUT2D eigenvalue weighted by molar-refractivity contribution is 5.78. The van der Waals surface area contributed by atoms with E-state index >= 15 is 0 Å². The molecule has 0 atom stereocenters. The summed E-state index contributed by atoms with van der Waals surface area (Å²) in [6, 6.07) is 0. The van der Waals surface area contributed by atoms with Crippen LogP contribution in [0.25, 0.3) is 0 Å². The number of amides is 1. The zero-order valence-corrected chi connectivity index (χ0v) is 14.7. The van der Waals surface area contributed by atoms with Crippen molar-refractivity contribution in [3.05, 3.63) is 0 Å². The molecule has 1 spiro atoms. The first-order chi connectivity index (χ1) is 9.92. The summed E-state index contributed by atoms with van der Waals surface area (Å²) in [4.78, 5) is 14.2. The smallest absolute Gasteiger partial charge is 0.225 e. The molecular formula is C19H35NO.